The molecule has 0 radical (unpaired) electrons. The quantitative estimate of drug-likeness (QED) is 0.0728. The van der Waals surface area contributed by atoms with Crippen molar-refractivity contribution in [1.82, 2.24) is 15.2 Å². The zero-order valence-corrected chi connectivity index (χ0v) is 24.5. The van der Waals surface area contributed by atoms with Crippen molar-refractivity contribution in [1.29, 1.82) is 0 Å². The summed E-state index contributed by atoms with van der Waals surface area (Å²) in [5.74, 6) is -0.446. The van der Waals surface area contributed by atoms with Gasteiger partial charge in [-0.3, -0.25) is 19.5 Å². The second-order valence-electron chi connectivity index (χ2n) is 8.71. The second-order valence-corrected chi connectivity index (χ2v) is 11.3. The highest BCUT2D eigenvalue weighted by Crippen LogP contribution is 2.45. The fourth-order valence-corrected chi connectivity index (χ4v) is 6.51. The normalized spacial score (nSPS) is 16.3. The smallest absolute Gasteiger partial charge is 0.301 e. The summed E-state index contributed by atoms with van der Waals surface area (Å²) in [5, 5.41) is 20.7. The molecule has 210 valence electrons. The molecular formula is C29H25ClN4O5S2. The highest BCUT2D eigenvalue weighted by molar-refractivity contribution is 8.00. The molecule has 41 heavy (non-hydrogen) atoms. The Labute approximate surface area is 249 Å². The first-order valence-electron chi connectivity index (χ1n) is 12.7. The van der Waals surface area contributed by atoms with Crippen LogP contribution in [0.5, 0.6) is 11.5 Å². The summed E-state index contributed by atoms with van der Waals surface area (Å²) < 4.78 is 12.1. The zero-order valence-electron chi connectivity index (χ0n) is 22.1. The number of benzene rings is 2. The highest BCUT2D eigenvalue weighted by Gasteiger charge is 2.48. The van der Waals surface area contributed by atoms with Crippen LogP contribution in [0.25, 0.3) is 5.76 Å². The largest absolute Gasteiger partial charge is 0.507 e. The van der Waals surface area contributed by atoms with Crippen LogP contribution in [0.3, 0.4) is 0 Å². The number of aliphatic hydroxyl groups excluding tert-OH is 1. The average Bonchev–Trinajstić information content (AvgIpc) is 3.55. The summed E-state index contributed by atoms with van der Waals surface area (Å²) in [4.78, 5) is 32.3. The lowest BCUT2D eigenvalue weighted by atomic mass is 9.95. The lowest BCUT2D eigenvalue weighted by Gasteiger charge is -2.23. The lowest BCUT2D eigenvalue weighted by molar-refractivity contribution is -0.132. The van der Waals surface area contributed by atoms with Crippen LogP contribution in [0, 0.1) is 0 Å². The molecule has 2 aromatic carbocycles. The summed E-state index contributed by atoms with van der Waals surface area (Å²) in [6.45, 7) is 4.52. The van der Waals surface area contributed by atoms with Crippen molar-refractivity contribution >= 4 is 57.3 Å². The number of Topliss-reactive ketones (excluding diaryl/α,β-unsaturated/α-hetero) is 1. The summed E-state index contributed by atoms with van der Waals surface area (Å²) in [6, 6.07) is 14.8. The first-order chi connectivity index (χ1) is 19.9. The zero-order chi connectivity index (χ0) is 28.9. The molecule has 1 aliphatic heterocycles. The maximum absolute atomic E-state index is 13.5. The number of anilines is 1. The number of carbonyl (C=O) groups is 2. The van der Waals surface area contributed by atoms with Crippen LogP contribution in [0.2, 0.25) is 5.02 Å². The summed E-state index contributed by atoms with van der Waals surface area (Å²) in [5.41, 5.74) is 1.75. The number of rotatable bonds is 10. The molecule has 1 atom stereocenters. The topological polar surface area (TPSA) is 115 Å². The molecule has 0 bridgehead atoms. The number of nitrogens with zero attached hydrogens (tertiary/aromatic N) is 4. The molecule has 3 heterocycles. The van der Waals surface area contributed by atoms with E-state index in [9.17, 15) is 14.7 Å². The molecule has 9 nitrogen and oxygen atoms in total. The van der Waals surface area contributed by atoms with E-state index in [-0.39, 0.29) is 16.5 Å². The van der Waals surface area contributed by atoms with Gasteiger partial charge in [0.15, 0.2) is 15.8 Å². The molecule has 1 N–H and O–H groups in total. The van der Waals surface area contributed by atoms with Crippen molar-refractivity contribution in [2.75, 3.05) is 18.1 Å². The minimum Gasteiger partial charge on any atom is -0.507 e. The predicted octanol–water partition coefficient (Wildman–Crippen LogP) is 6.30. The number of amides is 1. The van der Waals surface area contributed by atoms with Crippen molar-refractivity contribution < 1.29 is 24.2 Å². The van der Waals surface area contributed by atoms with Gasteiger partial charge in [0.2, 0.25) is 5.13 Å². The second kappa shape index (κ2) is 12.7. The number of carbonyl (C=O) groups excluding carboxylic acids is 2. The minimum absolute atomic E-state index is 0.0757. The lowest BCUT2D eigenvalue weighted by Crippen LogP contribution is -2.29. The number of halogens is 1. The molecule has 0 aliphatic carbocycles. The standard InChI is InChI=1S/C29H25ClN4O5S2/c1-3-38-21-10-9-18(15-22(21)39-4-2)24-23(25(35)17-11-13-31-14-12-17)26(36)27(37)34(24)28-32-33-29(41-28)40-16-19-7-5-6-8-20(19)30/h5-15,24,35H,3-4,16H2,1-2H3. The number of thioether (sulfide) groups is 1. The number of hydrogen-bond acceptors (Lipinski definition) is 10. The van der Waals surface area contributed by atoms with Gasteiger partial charge in [-0.2, -0.15) is 0 Å². The maximum atomic E-state index is 13.5. The van der Waals surface area contributed by atoms with E-state index in [1.165, 1.54) is 40.4 Å². The number of ketones is 1. The Kier molecular flexibility index (Phi) is 8.87. The number of pyridine rings is 1. The van der Waals surface area contributed by atoms with E-state index in [0.29, 0.717) is 51.0 Å². The van der Waals surface area contributed by atoms with Gasteiger partial charge >= 0.3 is 5.91 Å². The van der Waals surface area contributed by atoms with E-state index in [1.807, 2.05) is 38.1 Å². The Morgan fingerprint density at radius 3 is 2.49 bits per heavy atom. The summed E-state index contributed by atoms with van der Waals surface area (Å²) >= 11 is 8.89. The van der Waals surface area contributed by atoms with Gasteiger partial charge < -0.3 is 14.6 Å². The third-order valence-electron chi connectivity index (χ3n) is 6.19. The van der Waals surface area contributed by atoms with Crippen LogP contribution >= 0.6 is 34.7 Å². The highest BCUT2D eigenvalue weighted by atomic mass is 35.5. The fourth-order valence-electron chi connectivity index (χ4n) is 4.36. The first-order valence-corrected chi connectivity index (χ1v) is 14.9. The molecule has 2 aromatic heterocycles. The number of hydrogen-bond donors (Lipinski definition) is 1. The first kappa shape index (κ1) is 28.6. The van der Waals surface area contributed by atoms with Crippen molar-refractivity contribution in [3.8, 4) is 11.5 Å². The number of aromatic nitrogens is 3. The molecule has 0 spiro atoms. The maximum Gasteiger partial charge on any atom is 0.301 e. The van der Waals surface area contributed by atoms with Crippen molar-refractivity contribution in [2.24, 2.45) is 0 Å². The van der Waals surface area contributed by atoms with Gasteiger partial charge in [0.25, 0.3) is 5.78 Å². The van der Waals surface area contributed by atoms with Crippen molar-refractivity contribution in [3.05, 3.63) is 94.3 Å². The van der Waals surface area contributed by atoms with E-state index in [1.54, 1.807) is 30.3 Å². The van der Waals surface area contributed by atoms with Gasteiger partial charge in [-0.1, -0.05) is 59.0 Å². The van der Waals surface area contributed by atoms with E-state index in [0.717, 1.165) is 5.56 Å². The predicted molar refractivity (Wildman–Crippen MR) is 159 cm³/mol. The molecule has 1 saturated heterocycles. The van der Waals surface area contributed by atoms with Gasteiger partial charge in [0, 0.05) is 28.7 Å². The van der Waals surface area contributed by atoms with E-state index in [2.05, 4.69) is 15.2 Å². The van der Waals surface area contributed by atoms with Crippen LogP contribution in [0.4, 0.5) is 5.13 Å². The molecule has 1 unspecified atom stereocenters. The Morgan fingerprint density at radius 2 is 1.76 bits per heavy atom. The van der Waals surface area contributed by atoms with E-state index >= 15 is 0 Å². The molecule has 4 aromatic rings. The van der Waals surface area contributed by atoms with Crippen LogP contribution in [0.15, 0.2) is 76.9 Å². The van der Waals surface area contributed by atoms with Crippen LogP contribution < -0.4 is 14.4 Å². The van der Waals surface area contributed by atoms with E-state index < -0.39 is 17.7 Å². The third kappa shape index (κ3) is 5.92. The molecule has 1 aliphatic rings. The summed E-state index contributed by atoms with van der Waals surface area (Å²) in [6.07, 6.45) is 2.99. The fraction of sp³-hybridized carbons (Fsp3) is 0.207. The van der Waals surface area contributed by atoms with E-state index in [4.69, 9.17) is 21.1 Å². The Hall–Kier alpha value is -3.93. The third-order valence-corrected chi connectivity index (χ3v) is 8.67. The monoisotopic (exact) mass is 608 g/mol. The van der Waals surface area contributed by atoms with Gasteiger partial charge in [-0.05, 0) is 55.3 Å². The van der Waals surface area contributed by atoms with Gasteiger partial charge in [0.05, 0.1) is 24.8 Å². The molecule has 12 heteroatoms. The molecular weight excluding hydrogens is 584 g/mol. The Bertz CT molecular complexity index is 1610. The van der Waals surface area contributed by atoms with Gasteiger partial charge in [-0.25, -0.2) is 0 Å². The van der Waals surface area contributed by atoms with Crippen molar-refractivity contribution in [2.45, 2.75) is 30.0 Å². The molecule has 0 saturated carbocycles. The molecule has 1 amide bonds. The van der Waals surface area contributed by atoms with Gasteiger partial charge in [-0.15, -0.1) is 10.2 Å². The summed E-state index contributed by atoms with van der Waals surface area (Å²) in [7, 11) is 0. The Balaban J connectivity index is 1.58. The van der Waals surface area contributed by atoms with Crippen molar-refractivity contribution in [3.63, 3.8) is 0 Å². The Morgan fingerprint density at radius 1 is 1.02 bits per heavy atom. The van der Waals surface area contributed by atoms with Crippen LogP contribution in [-0.2, 0) is 15.3 Å². The van der Waals surface area contributed by atoms with Gasteiger partial charge in [0.1, 0.15) is 5.76 Å². The average molecular weight is 609 g/mol. The number of ether oxygens (including phenoxy) is 2. The molecule has 1 fully saturated rings. The van der Waals surface area contributed by atoms with Crippen LogP contribution in [-0.4, -0.2) is 45.2 Å². The molecule has 5 rings (SSSR count). The SMILES string of the molecule is CCOc1ccc(C2C(=C(O)c3ccncc3)C(=O)C(=O)N2c2nnc(SCc3ccccc3Cl)s2)cc1OCC. The minimum atomic E-state index is -0.993. The van der Waals surface area contributed by atoms with Crippen LogP contribution in [0.1, 0.15) is 36.6 Å². The number of aliphatic hydroxyl groups is 1.